The van der Waals surface area contributed by atoms with E-state index < -0.39 is 41.4 Å². The van der Waals surface area contributed by atoms with Gasteiger partial charge in [-0.1, -0.05) is 18.2 Å². The average Bonchev–Trinajstić information content (AvgIpc) is 3.48. The summed E-state index contributed by atoms with van der Waals surface area (Å²) in [6.07, 6.45) is -1.09. The van der Waals surface area contributed by atoms with E-state index in [1.54, 1.807) is 30.3 Å². The van der Waals surface area contributed by atoms with Crippen molar-refractivity contribution in [3.05, 3.63) is 52.3 Å². The van der Waals surface area contributed by atoms with E-state index in [0.29, 0.717) is 5.56 Å². The number of carbonyl (C=O) groups is 1. The van der Waals surface area contributed by atoms with E-state index in [1.165, 1.54) is 10.9 Å². The third kappa shape index (κ3) is 3.34. The number of imidazole rings is 1. The number of esters is 1. The molecule has 2 saturated heterocycles. The molecule has 4 heterocycles. The van der Waals surface area contributed by atoms with E-state index in [2.05, 4.69) is 15.0 Å². The van der Waals surface area contributed by atoms with Crippen molar-refractivity contribution >= 4 is 28.9 Å². The highest BCUT2D eigenvalue weighted by Crippen LogP contribution is 2.38. The number of nitrogens with zero attached hydrogens (tertiary/aromatic N) is 5. The molecule has 2 aromatic heterocycles. The summed E-state index contributed by atoms with van der Waals surface area (Å²) in [6, 6.07) is 8.56. The number of carbonyl (C=O) groups excluding carboxylic acids is 1. The van der Waals surface area contributed by atoms with Crippen LogP contribution in [0.15, 0.2) is 36.7 Å². The van der Waals surface area contributed by atoms with E-state index in [9.17, 15) is 14.9 Å². The lowest BCUT2D eigenvalue weighted by molar-refractivity contribution is -0.394. The van der Waals surface area contributed by atoms with Crippen LogP contribution in [-0.4, -0.2) is 62.1 Å². The standard InChI is InChI=1S/C18H16N6O7/c19-14-11-15(22-18(21-14)24(26)27)23(7-20-11)16-13-12(29-8-30-13)10(31-16)6-28-17(25)9-4-2-1-3-5-9/h1-5,7,10,12-13,16H,6,8H2,(H2,19,21,22)/t10-,12-,13-,16-/m1/s1. The number of anilines is 1. The second-order valence-electron chi connectivity index (χ2n) is 6.90. The largest absolute Gasteiger partial charge is 0.473 e. The Labute approximate surface area is 173 Å². The number of rotatable bonds is 5. The third-order valence-electron chi connectivity index (χ3n) is 5.07. The minimum absolute atomic E-state index is 0.0300. The first-order valence-electron chi connectivity index (χ1n) is 9.28. The lowest BCUT2D eigenvalue weighted by Gasteiger charge is -2.17. The number of ether oxygens (including phenoxy) is 4. The van der Waals surface area contributed by atoms with Crippen molar-refractivity contribution in [1.29, 1.82) is 0 Å². The molecule has 3 aromatic rings. The number of nitrogen functional groups attached to an aromatic ring is 1. The zero-order chi connectivity index (χ0) is 21.5. The van der Waals surface area contributed by atoms with Gasteiger partial charge >= 0.3 is 11.9 Å². The van der Waals surface area contributed by atoms with E-state index in [1.807, 2.05) is 0 Å². The van der Waals surface area contributed by atoms with Crippen molar-refractivity contribution < 1.29 is 28.7 Å². The van der Waals surface area contributed by atoms with Gasteiger partial charge in [0, 0.05) is 0 Å². The molecule has 0 bridgehead atoms. The fourth-order valence-electron chi connectivity index (χ4n) is 3.65. The van der Waals surface area contributed by atoms with Gasteiger partial charge in [0.05, 0.1) is 5.56 Å². The molecule has 31 heavy (non-hydrogen) atoms. The SMILES string of the molecule is Nc1nc([N+](=O)[O-])nc2c1ncn2[C@@H]1O[C@H](COC(=O)c2ccccc2)[C@H]2OCO[C@H]21. The molecule has 0 radical (unpaired) electrons. The van der Waals surface area contributed by atoms with Crippen molar-refractivity contribution in [3.63, 3.8) is 0 Å². The van der Waals surface area contributed by atoms with Crippen LogP contribution in [0, 0.1) is 10.1 Å². The van der Waals surface area contributed by atoms with Crippen molar-refractivity contribution in [3.8, 4) is 0 Å². The number of hydrogen-bond donors (Lipinski definition) is 1. The van der Waals surface area contributed by atoms with E-state index in [4.69, 9.17) is 24.7 Å². The predicted octanol–water partition coefficient (Wildman–Crippen LogP) is 0.813. The molecule has 0 saturated carbocycles. The molecule has 2 aliphatic rings. The summed E-state index contributed by atoms with van der Waals surface area (Å²) in [5.74, 6) is -1.27. The molecule has 4 atom stereocenters. The molecule has 13 heteroatoms. The van der Waals surface area contributed by atoms with Crippen LogP contribution in [0.25, 0.3) is 11.2 Å². The zero-order valence-electron chi connectivity index (χ0n) is 15.9. The number of benzene rings is 1. The topological polar surface area (TPSA) is 167 Å². The molecule has 5 rings (SSSR count). The summed E-state index contributed by atoms with van der Waals surface area (Å²) >= 11 is 0. The van der Waals surface area contributed by atoms with Gasteiger partial charge in [0.2, 0.25) is 11.5 Å². The van der Waals surface area contributed by atoms with Crippen molar-refractivity contribution in [1.82, 2.24) is 19.5 Å². The van der Waals surface area contributed by atoms with E-state index in [0.717, 1.165) is 0 Å². The Morgan fingerprint density at radius 2 is 2.03 bits per heavy atom. The fourth-order valence-corrected chi connectivity index (χ4v) is 3.65. The Morgan fingerprint density at radius 1 is 1.26 bits per heavy atom. The van der Waals surface area contributed by atoms with Gasteiger partial charge in [-0.3, -0.25) is 4.57 Å². The highest BCUT2D eigenvalue weighted by atomic mass is 16.7. The molecule has 2 aliphatic heterocycles. The van der Waals surface area contributed by atoms with Gasteiger partial charge < -0.3 is 34.8 Å². The Hall–Kier alpha value is -3.68. The lowest BCUT2D eigenvalue weighted by atomic mass is 10.1. The van der Waals surface area contributed by atoms with Gasteiger partial charge in [0.15, 0.2) is 11.7 Å². The molecule has 0 aliphatic carbocycles. The Morgan fingerprint density at radius 3 is 2.81 bits per heavy atom. The third-order valence-corrected chi connectivity index (χ3v) is 5.07. The molecule has 0 amide bonds. The fraction of sp³-hybridized carbons (Fsp3) is 0.333. The molecular formula is C18H16N6O7. The van der Waals surface area contributed by atoms with Gasteiger partial charge in [-0.25, -0.2) is 9.78 Å². The summed E-state index contributed by atoms with van der Waals surface area (Å²) in [4.78, 5) is 34.4. The Bertz CT molecular complexity index is 1150. The molecule has 2 N–H and O–H groups in total. The van der Waals surface area contributed by atoms with Crippen molar-refractivity contribution in [2.45, 2.75) is 24.5 Å². The maximum absolute atomic E-state index is 12.3. The second kappa shape index (κ2) is 7.54. The quantitative estimate of drug-likeness (QED) is 0.347. The van der Waals surface area contributed by atoms with E-state index in [-0.39, 0.29) is 30.4 Å². The Balaban J connectivity index is 1.40. The number of nitro groups is 1. The monoisotopic (exact) mass is 428 g/mol. The summed E-state index contributed by atoms with van der Waals surface area (Å²) in [5.41, 5.74) is 6.53. The smallest absolute Gasteiger partial charge is 0.459 e. The van der Waals surface area contributed by atoms with Crippen LogP contribution in [0.3, 0.4) is 0 Å². The van der Waals surface area contributed by atoms with Gasteiger partial charge in [-0.05, 0) is 27.0 Å². The molecule has 2 fully saturated rings. The van der Waals surface area contributed by atoms with Crippen LogP contribution in [0.2, 0.25) is 0 Å². The maximum atomic E-state index is 12.3. The number of fused-ring (bicyclic) bond motifs is 2. The first-order valence-corrected chi connectivity index (χ1v) is 9.28. The van der Waals surface area contributed by atoms with Crippen LogP contribution >= 0.6 is 0 Å². The molecule has 1 aromatic carbocycles. The van der Waals surface area contributed by atoms with Gasteiger partial charge in [0.25, 0.3) is 0 Å². The first kappa shape index (κ1) is 19.3. The summed E-state index contributed by atoms with van der Waals surface area (Å²) in [7, 11) is 0. The number of nitrogens with two attached hydrogens (primary N) is 1. The number of aromatic nitrogens is 4. The number of hydrogen-bond acceptors (Lipinski definition) is 11. The Kier molecular flexibility index (Phi) is 4.69. The molecule has 0 spiro atoms. The van der Waals surface area contributed by atoms with Crippen LogP contribution in [-0.2, 0) is 18.9 Å². The molecule has 160 valence electrons. The lowest BCUT2D eigenvalue weighted by Crippen LogP contribution is -2.32. The average molecular weight is 428 g/mol. The predicted molar refractivity (Wildman–Crippen MR) is 102 cm³/mol. The summed E-state index contributed by atoms with van der Waals surface area (Å²) in [5, 5.41) is 11.1. The molecular weight excluding hydrogens is 412 g/mol. The van der Waals surface area contributed by atoms with Crippen LogP contribution in [0.4, 0.5) is 11.8 Å². The summed E-state index contributed by atoms with van der Waals surface area (Å²) < 4.78 is 24.2. The van der Waals surface area contributed by atoms with Crippen LogP contribution < -0.4 is 5.73 Å². The zero-order valence-corrected chi connectivity index (χ0v) is 15.9. The van der Waals surface area contributed by atoms with Crippen molar-refractivity contribution in [2.24, 2.45) is 0 Å². The summed E-state index contributed by atoms with van der Waals surface area (Å²) in [6.45, 7) is -0.0408. The highest BCUT2D eigenvalue weighted by Gasteiger charge is 2.51. The van der Waals surface area contributed by atoms with E-state index >= 15 is 0 Å². The van der Waals surface area contributed by atoms with Gasteiger partial charge in [-0.2, -0.15) is 0 Å². The van der Waals surface area contributed by atoms with Gasteiger partial charge in [0.1, 0.15) is 38.0 Å². The second-order valence-corrected chi connectivity index (χ2v) is 6.90. The van der Waals surface area contributed by atoms with Crippen molar-refractivity contribution in [2.75, 3.05) is 19.1 Å². The van der Waals surface area contributed by atoms with Gasteiger partial charge in [-0.15, -0.1) is 0 Å². The maximum Gasteiger partial charge on any atom is 0.473 e. The van der Waals surface area contributed by atoms with Crippen LogP contribution in [0.5, 0.6) is 0 Å². The minimum Gasteiger partial charge on any atom is -0.459 e. The first-order chi connectivity index (χ1) is 15.0. The van der Waals surface area contributed by atoms with Crippen LogP contribution in [0.1, 0.15) is 16.6 Å². The minimum atomic E-state index is -0.771. The molecule has 13 nitrogen and oxygen atoms in total. The molecule has 0 unspecified atom stereocenters. The normalized spacial score (nSPS) is 24.9. The highest BCUT2D eigenvalue weighted by molar-refractivity contribution is 5.89.